The van der Waals surface area contributed by atoms with Crippen LogP contribution in [0.25, 0.3) is 22.0 Å². The van der Waals surface area contributed by atoms with Crippen molar-refractivity contribution < 1.29 is 19.4 Å². The topological polar surface area (TPSA) is 101 Å². The summed E-state index contributed by atoms with van der Waals surface area (Å²) in [6, 6.07) is 7.25. The highest BCUT2D eigenvalue weighted by Gasteiger charge is 2.20. The summed E-state index contributed by atoms with van der Waals surface area (Å²) in [5.74, 6) is 0.594. The van der Waals surface area contributed by atoms with Crippen molar-refractivity contribution in [2.45, 2.75) is 6.54 Å². The summed E-state index contributed by atoms with van der Waals surface area (Å²) in [5.41, 5.74) is 3.14. The predicted octanol–water partition coefficient (Wildman–Crippen LogP) is 4.60. The number of nitrogens with one attached hydrogen (secondary N) is 2. The molecule has 2 aromatic carbocycles. The van der Waals surface area contributed by atoms with Gasteiger partial charge in [-0.15, -0.1) is 0 Å². The molecule has 32 heavy (non-hydrogen) atoms. The average molecular weight is 475 g/mol. The number of hydrogen-bond acceptors (Lipinski definition) is 5. The average Bonchev–Trinajstić information content (AvgIpc) is 3.41. The van der Waals surface area contributed by atoms with E-state index in [9.17, 15) is 4.79 Å². The lowest BCUT2D eigenvalue weighted by molar-refractivity contribution is 0.102. The highest BCUT2D eigenvalue weighted by Crippen LogP contribution is 2.46. The number of benzene rings is 2. The zero-order valence-electron chi connectivity index (χ0n) is 17.3. The number of aliphatic hydroxyl groups excluding tert-OH is 1. The number of aliphatic hydroxyl groups is 1. The first-order chi connectivity index (χ1) is 15.5. The first-order valence-electron chi connectivity index (χ1n) is 9.63. The van der Waals surface area contributed by atoms with Crippen LogP contribution in [0, 0.1) is 0 Å². The number of methoxy groups -OCH3 is 2. The molecule has 1 amide bonds. The lowest BCUT2D eigenvalue weighted by Crippen LogP contribution is -2.11. The van der Waals surface area contributed by atoms with Gasteiger partial charge in [0.05, 0.1) is 54.9 Å². The van der Waals surface area contributed by atoms with Gasteiger partial charge in [0.15, 0.2) is 0 Å². The molecule has 166 valence electrons. The van der Waals surface area contributed by atoms with E-state index in [4.69, 9.17) is 37.8 Å². The summed E-state index contributed by atoms with van der Waals surface area (Å²) in [5, 5.41) is 17.5. The lowest BCUT2D eigenvalue weighted by atomic mass is 10.0. The van der Waals surface area contributed by atoms with Gasteiger partial charge in [-0.25, -0.2) is 0 Å². The molecule has 0 radical (unpaired) electrons. The molecule has 8 nitrogen and oxygen atoms in total. The number of ether oxygens (including phenoxy) is 2. The van der Waals surface area contributed by atoms with Crippen LogP contribution in [0.5, 0.6) is 11.5 Å². The van der Waals surface area contributed by atoms with E-state index in [2.05, 4.69) is 15.4 Å². The number of carbonyl (C=O) groups excluding carboxylic acids is 1. The van der Waals surface area contributed by atoms with E-state index in [1.165, 1.54) is 25.1 Å². The minimum atomic E-state index is -0.303. The number of anilines is 1. The van der Waals surface area contributed by atoms with Gasteiger partial charge in [-0.1, -0.05) is 35.3 Å². The standard InChI is InChI=1S/C22H20Cl2N4O4/c1-31-17-8-18(32-2)21(24)19(20(17)23)12-3-4-14-15(7-12)25-10-16(14)27-22(30)13-9-26-28(11-13)5-6-29/h3-4,7-11,25,29H,5-6H2,1-2H3,(H,27,30). The normalized spacial score (nSPS) is 11.0. The third-order valence-electron chi connectivity index (χ3n) is 5.02. The van der Waals surface area contributed by atoms with E-state index in [-0.39, 0.29) is 12.5 Å². The van der Waals surface area contributed by atoms with Gasteiger partial charge in [-0.2, -0.15) is 5.10 Å². The smallest absolute Gasteiger partial charge is 0.258 e. The van der Waals surface area contributed by atoms with Gasteiger partial charge >= 0.3 is 0 Å². The summed E-state index contributed by atoms with van der Waals surface area (Å²) < 4.78 is 12.2. The van der Waals surface area contributed by atoms with Crippen LogP contribution in [0.3, 0.4) is 0 Å². The maximum Gasteiger partial charge on any atom is 0.258 e. The number of carbonyl (C=O) groups is 1. The van der Waals surface area contributed by atoms with Gasteiger partial charge in [0, 0.05) is 34.9 Å². The Kier molecular flexibility index (Phi) is 6.27. The van der Waals surface area contributed by atoms with Crippen molar-refractivity contribution >= 4 is 45.7 Å². The fourth-order valence-corrected chi connectivity index (χ4v) is 4.14. The Morgan fingerprint density at radius 3 is 2.56 bits per heavy atom. The molecule has 0 aliphatic rings. The lowest BCUT2D eigenvalue weighted by Gasteiger charge is -2.15. The highest BCUT2D eigenvalue weighted by atomic mass is 35.5. The number of hydrogen-bond donors (Lipinski definition) is 3. The highest BCUT2D eigenvalue weighted by molar-refractivity contribution is 6.41. The van der Waals surface area contributed by atoms with Crippen molar-refractivity contribution in [3.8, 4) is 22.6 Å². The number of rotatable bonds is 7. The molecule has 0 aliphatic heterocycles. The fraction of sp³-hybridized carbons (Fsp3) is 0.182. The SMILES string of the molecule is COc1cc(OC)c(Cl)c(-c2ccc3c(NC(=O)c4cnn(CCO)c4)c[nH]c3c2)c1Cl. The third-order valence-corrected chi connectivity index (χ3v) is 5.77. The zero-order chi connectivity index (χ0) is 22.8. The Morgan fingerprint density at radius 2 is 1.91 bits per heavy atom. The first-order valence-corrected chi connectivity index (χ1v) is 10.4. The molecule has 2 aromatic heterocycles. The van der Waals surface area contributed by atoms with Gasteiger partial charge < -0.3 is 24.9 Å². The molecule has 0 fully saturated rings. The van der Waals surface area contributed by atoms with Crippen LogP contribution in [-0.4, -0.2) is 46.6 Å². The van der Waals surface area contributed by atoms with Crippen LogP contribution in [0.4, 0.5) is 5.69 Å². The number of aromatic nitrogens is 3. The van der Waals surface area contributed by atoms with Gasteiger partial charge in [-0.3, -0.25) is 9.48 Å². The van der Waals surface area contributed by atoms with Crippen molar-refractivity contribution in [2.24, 2.45) is 0 Å². The molecule has 0 unspecified atom stereocenters. The number of halogens is 2. The van der Waals surface area contributed by atoms with E-state index < -0.39 is 0 Å². The molecule has 10 heteroatoms. The molecule has 0 aliphatic carbocycles. The maximum atomic E-state index is 12.6. The maximum absolute atomic E-state index is 12.6. The quantitative estimate of drug-likeness (QED) is 0.363. The Morgan fingerprint density at radius 1 is 1.19 bits per heavy atom. The van der Waals surface area contributed by atoms with Crippen LogP contribution in [0.1, 0.15) is 10.4 Å². The van der Waals surface area contributed by atoms with E-state index in [1.807, 2.05) is 18.2 Å². The Labute approximate surface area is 193 Å². The number of nitrogens with zero attached hydrogens (tertiary/aromatic N) is 2. The molecule has 3 N–H and O–H groups in total. The van der Waals surface area contributed by atoms with Crippen molar-refractivity contribution in [1.82, 2.24) is 14.8 Å². The van der Waals surface area contributed by atoms with E-state index >= 15 is 0 Å². The van der Waals surface area contributed by atoms with Gasteiger partial charge in [0.25, 0.3) is 5.91 Å². The van der Waals surface area contributed by atoms with Crippen molar-refractivity contribution in [3.05, 3.63) is 58.5 Å². The fourth-order valence-electron chi connectivity index (χ4n) is 3.42. The van der Waals surface area contributed by atoms with Crippen LogP contribution in [0.2, 0.25) is 10.0 Å². The molecule has 2 heterocycles. The van der Waals surface area contributed by atoms with Crippen molar-refractivity contribution in [1.29, 1.82) is 0 Å². The van der Waals surface area contributed by atoms with E-state index in [0.717, 1.165) is 16.5 Å². The summed E-state index contributed by atoms with van der Waals surface area (Å²) >= 11 is 13.1. The molecule has 0 atom stereocenters. The number of aromatic amines is 1. The van der Waals surface area contributed by atoms with Crippen LogP contribution in [-0.2, 0) is 6.54 Å². The molecular formula is C22H20Cl2N4O4. The summed E-state index contributed by atoms with van der Waals surface area (Å²) in [6.45, 7) is 0.268. The second kappa shape index (κ2) is 9.12. The minimum absolute atomic E-state index is 0.0548. The minimum Gasteiger partial charge on any atom is -0.495 e. The van der Waals surface area contributed by atoms with Gasteiger partial charge in [0.2, 0.25) is 0 Å². The molecule has 4 aromatic rings. The predicted molar refractivity (Wildman–Crippen MR) is 124 cm³/mol. The molecule has 0 spiro atoms. The molecule has 4 rings (SSSR count). The monoisotopic (exact) mass is 474 g/mol. The second-order valence-corrected chi connectivity index (χ2v) is 7.67. The first kappa shape index (κ1) is 22.0. The molecule has 0 saturated heterocycles. The largest absolute Gasteiger partial charge is 0.495 e. The van der Waals surface area contributed by atoms with E-state index in [1.54, 1.807) is 18.5 Å². The number of fused-ring (bicyclic) bond motifs is 1. The Bertz CT molecular complexity index is 1270. The number of H-pyrrole nitrogens is 1. The van der Waals surface area contributed by atoms with Crippen LogP contribution < -0.4 is 14.8 Å². The van der Waals surface area contributed by atoms with Gasteiger partial charge in [0.1, 0.15) is 11.5 Å². The van der Waals surface area contributed by atoms with Crippen molar-refractivity contribution in [2.75, 3.05) is 26.1 Å². The van der Waals surface area contributed by atoms with Crippen LogP contribution >= 0.6 is 23.2 Å². The van der Waals surface area contributed by atoms with Crippen molar-refractivity contribution in [3.63, 3.8) is 0 Å². The molecule has 0 bridgehead atoms. The summed E-state index contributed by atoms with van der Waals surface area (Å²) in [7, 11) is 3.05. The van der Waals surface area contributed by atoms with Crippen LogP contribution in [0.15, 0.2) is 42.9 Å². The summed E-state index contributed by atoms with van der Waals surface area (Å²) in [6.07, 6.45) is 4.75. The Hall–Kier alpha value is -3.20. The number of amides is 1. The zero-order valence-corrected chi connectivity index (χ0v) is 18.8. The Balaban J connectivity index is 1.67. The molecule has 0 saturated carbocycles. The van der Waals surface area contributed by atoms with Gasteiger partial charge in [-0.05, 0) is 11.6 Å². The third kappa shape index (κ3) is 4.00. The second-order valence-electron chi connectivity index (χ2n) is 6.92. The molecular weight excluding hydrogens is 455 g/mol. The summed E-state index contributed by atoms with van der Waals surface area (Å²) in [4.78, 5) is 15.7. The van der Waals surface area contributed by atoms with E-state index in [0.29, 0.717) is 44.9 Å².